The molecule has 3 rings (SSSR count). The molecule has 25 heavy (non-hydrogen) atoms. The molecule has 0 radical (unpaired) electrons. The summed E-state index contributed by atoms with van der Waals surface area (Å²) in [6.45, 7) is 1.31. The highest BCUT2D eigenvalue weighted by atomic mass is 16.6. The number of aryl methyl sites for hydroxylation is 1. The molecule has 0 spiro atoms. The fourth-order valence-electron chi connectivity index (χ4n) is 2.80. The van der Waals surface area contributed by atoms with E-state index in [0.717, 1.165) is 25.5 Å². The number of H-pyrrole nitrogens is 1. The van der Waals surface area contributed by atoms with Crippen LogP contribution in [0.4, 0.5) is 11.4 Å². The Bertz CT molecular complexity index is 819. The highest BCUT2D eigenvalue weighted by Crippen LogP contribution is 2.21. The van der Waals surface area contributed by atoms with Crippen molar-refractivity contribution in [2.75, 3.05) is 18.4 Å². The first-order valence-electron chi connectivity index (χ1n) is 7.79. The van der Waals surface area contributed by atoms with Gasteiger partial charge in [0.2, 0.25) is 5.69 Å². The second-order valence-electron chi connectivity index (χ2n) is 5.72. The topological polar surface area (TPSA) is 139 Å². The molecule has 2 N–H and O–H groups in total. The van der Waals surface area contributed by atoms with E-state index in [4.69, 9.17) is 0 Å². The molecule has 3 heterocycles. The van der Waals surface area contributed by atoms with Gasteiger partial charge in [0.05, 0.1) is 16.8 Å². The molecule has 0 aromatic carbocycles. The standard InChI is InChI=1S/C14H17N7O4/c1-19-12(14(23)20-5-3-2-4-6-20)9(7-16-19)17-13(22)11-10(21(24)25)8-15-18-11/h7-8H,2-6H2,1H3,(H,15,18)(H,17,22). The third-order valence-electron chi connectivity index (χ3n) is 4.08. The first-order chi connectivity index (χ1) is 12.0. The Hall–Kier alpha value is -3.24. The summed E-state index contributed by atoms with van der Waals surface area (Å²) in [6.07, 6.45) is 5.26. The van der Waals surface area contributed by atoms with E-state index in [0.29, 0.717) is 13.1 Å². The molecular formula is C14H17N7O4. The van der Waals surface area contributed by atoms with Gasteiger partial charge in [-0.25, -0.2) is 0 Å². The van der Waals surface area contributed by atoms with Crippen molar-refractivity contribution in [1.82, 2.24) is 24.9 Å². The quantitative estimate of drug-likeness (QED) is 0.623. The second-order valence-corrected chi connectivity index (χ2v) is 5.72. The zero-order valence-corrected chi connectivity index (χ0v) is 13.6. The molecule has 0 atom stereocenters. The molecule has 1 fully saturated rings. The summed E-state index contributed by atoms with van der Waals surface area (Å²) in [5, 5.41) is 23.3. The van der Waals surface area contributed by atoms with Gasteiger partial charge in [0.25, 0.3) is 11.8 Å². The number of nitro groups is 1. The zero-order valence-electron chi connectivity index (χ0n) is 13.6. The van der Waals surface area contributed by atoms with E-state index in [-0.39, 0.29) is 23.0 Å². The zero-order chi connectivity index (χ0) is 18.0. The molecule has 1 aliphatic heterocycles. The third-order valence-corrected chi connectivity index (χ3v) is 4.08. The number of likely N-dealkylation sites (tertiary alicyclic amines) is 1. The fraction of sp³-hybridized carbons (Fsp3) is 0.429. The molecular weight excluding hydrogens is 330 g/mol. The highest BCUT2D eigenvalue weighted by molar-refractivity contribution is 6.09. The van der Waals surface area contributed by atoms with E-state index in [1.807, 2.05) is 0 Å². The number of nitrogens with zero attached hydrogens (tertiary/aromatic N) is 5. The SMILES string of the molecule is Cn1ncc(NC(=O)c2[nH]ncc2[N+](=O)[O-])c1C(=O)N1CCCCC1. The van der Waals surface area contributed by atoms with Gasteiger partial charge in [0.1, 0.15) is 11.9 Å². The second kappa shape index (κ2) is 6.71. The van der Waals surface area contributed by atoms with Gasteiger partial charge >= 0.3 is 5.69 Å². The molecule has 11 heteroatoms. The number of hydrogen-bond acceptors (Lipinski definition) is 6. The Kier molecular flexibility index (Phi) is 4.46. The predicted molar refractivity (Wildman–Crippen MR) is 86.2 cm³/mol. The normalized spacial score (nSPS) is 14.4. The minimum atomic E-state index is -0.759. The molecule has 2 aromatic rings. The van der Waals surface area contributed by atoms with E-state index in [9.17, 15) is 19.7 Å². The lowest BCUT2D eigenvalue weighted by atomic mass is 10.1. The molecule has 0 unspecified atom stereocenters. The Morgan fingerprint density at radius 2 is 2.00 bits per heavy atom. The Balaban J connectivity index is 1.84. The Morgan fingerprint density at radius 3 is 2.68 bits per heavy atom. The van der Waals surface area contributed by atoms with Crippen LogP contribution >= 0.6 is 0 Å². The van der Waals surface area contributed by atoms with Gasteiger partial charge < -0.3 is 10.2 Å². The number of aromatic amines is 1. The van der Waals surface area contributed by atoms with Gasteiger partial charge in [-0.2, -0.15) is 10.2 Å². The molecule has 0 bridgehead atoms. The maximum absolute atomic E-state index is 12.7. The highest BCUT2D eigenvalue weighted by Gasteiger charge is 2.28. The van der Waals surface area contributed by atoms with E-state index < -0.39 is 16.5 Å². The molecule has 1 aliphatic rings. The average Bonchev–Trinajstić information content (AvgIpc) is 3.22. The van der Waals surface area contributed by atoms with Crippen LogP contribution in [0.15, 0.2) is 12.4 Å². The first-order valence-corrected chi connectivity index (χ1v) is 7.79. The Morgan fingerprint density at radius 1 is 1.28 bits per heavy atom. The van der Waals surface area contributed by atoms with Crippen molar-refractivity contribution in [2.45, 2.75) is 19.3 Å². The van der Waals surface area contributed by atoms with Crippen molar-refractivity contribution in [3.05, 3.63) is 33.9 Å². The molecule has 0 saturated carbocycles. The van der Waals surface area contributed by atoms with E-state index in [1.54, 1.807) is 11.9 Å². The first kappa shape index (κ1) is 16.6. The minimum Gasteiger partial charge on any atom is -0.337 e. The van der Waals surface area contributed by atoms with Gasteiger partial charge in [0, 0.05) is 20.1 Å². The van der Waals surface area contributed by atoms with Crippen molar-refractivity contribution in [3.8, 4) is 0 Å². The summed E-state index contributed by atoms with van der Waals surface area (Å²) < 4.78 is 1.38. The number of anilines is 1. The number of carbonyl (C=O) groups excluding carboxylic acids is 2. The van der Waals surface area contributed by atoms with E-state index in [2.05, 4.69) is 20.6 Å². The van der Waals surface area contributed by atoms with Crippen molar-refractivity contribution in [2.24, 2.45) is 7.05 Å². The summed E-state index contributed by atoms with van der Waals surface area (Å²) in [4.78, 5) is 37.0. The molecule has 0 aliphatic carbocycles. The monoisotopic (exact) mass is 347 g/mol. The fourth-order valence-corrected chi connectivity index (χ4v) is 2.80. The number of amides is 2. The lowest BCUT2D eigenvalue weighted by molar-refractivity contribution is -0.385. The summed E-state index contributed by atoms with van der Waals surface area (Å²) >= 11 is 0. The largest absolute Gasteiger partial charge is 0.337 e. The minimum absolute atomic E-state index is 0.201. The number of aromatic nitrogens is 4. The third kappa shape index (κ3) is 3.20. The van der Waals surface area contributed by atoms with Crippen molar-refractivity contribution in [1.29, 1.82) is 0 Å². The maximum atomic E-state index is 12.7. The van der Waals surface area contributed by atoms with E-state index in [1.165, 1.54) is 10.9 Å². The van der Waals surface area contributed by atoms with Gasteiger partial charge in [-0.05, 0) is 19.3 Å². The predicted octanol–water partition coefficient (Wildman–Crippen LogP) is 0.930. The van der Waals surface area contributed by atoms with Crippen LogP contribution in [-0.4, -0.2) is 54.7 Å². The van der Waals surface area contributed by atoms with Gasteiger partial charge in [-0.15, -0.1) is 0 Å². The average molecular weight is 347 g/mol. The van der Waals surface area contributed by atoms with Crippen LogP contribution in [0.3, 0.4) is 0 Å². The summed E-state index contributed by atoms with van der Waals surface area (Å²) in [7, 11) is 1.60. The van der Waals surface area contributed by atoms with Crippen LogP contribution in [-0.2, 0) is 7.05 Å². The van der Waals surface area contributed by atoms with Crippen LogP contribution in [0.25, 0.3) is 0 Å². The molecule has 1 saturated heterocycles. The molecule has 2 aromatic heterocycles. The van der Waals surface area contributed by atoms with Crippen LogP contribution in [0.1, 0.15) is 40.2 Å². The molecule has 2 amide bonds. The van der Waals surface area contributed by atoms with Gasteiger partial charge in [0.15, 0.2) is 0 Å². The van der Waals surface area contributed by atoms with Crippen molar-refractivity contribution >= 4 is 23.2 Å². The number of carbonyl (C=O) groups is 2. The molecule has 132 valence electrons. The van der Waals surface area contributed by atoms with Crippen LogP contribution in [0.5, 0.6) is 0 Å². The maximum Gasteiger partial charge on any atom is 0.319 e. The van der Waals surface area contributed by atoms with E-state index >= 15 is 0 Å². The lowest BCUT2D eigenvalue weighted by Crippen LogP contribution is -2.37. The van der Waals surface area contributed by atoms with Crippen molar-refractivity contribution < 1.29 is 14.5 Å². The van der Waals surface area contributed by atoms with Gasteiger partial charge in [-0.3, -0.25) is 29.5 Å². The van der Waals surface area contributed by atoms with Crippen LogP contribution in [0.2, 0.25) is 0 Å². The summed E-state index contributed by atoms with van der Waals surface area (Å²) in [6, 6.07) is 0. The van der Waals surface area contributed by atoms with Crippen LogP contribution < -0.4 is 5.32 Å². The number of nitrogens with one attached hydrogen (secondary N) is 2. The smallest absolute Gasteiger partial charge is 0.319 e. The molecule has 11 nitrogen and oxygen atoms in total. The number of piperidine rings is 1. The number of rotatable bonds is 4. The summed E-state index contributed by atoms with van der Waals surface area (Å²) in [5.41, 5.74) is -0.292. The van der Waals surface area contributed by atoms with Gasteiger partial charge in [-0.1, -0.05) is 0 Å². The number of hydrogen-bond donors (Lipinski definition) is 2. The van der Waals surface area contributed by atoms with Crippen LogP contribution in [0, 0.1) is 10.1 Å². The Labute approximate surface area is 142 Å². The summed E-state index contributed by atoms with van der Waals surface area (Å²) in [5.74, 6) is -0.987. The lowest BCUT2D eigenvalue weighted by Gasteiger charge is -2.27. The van der Waals surface area contributed by atoms with Crippen molar-refractivity contribution in [3.63, 3.8) is 0 Å².